The SMILES string of the molecule is COc1cc(F)c([C@@H]2CCN2)c(F)c1. The molecule has 1 aliphatic rings. The largest absolute Gasteiger partial charge is 0.497 e. The summed E-state index contributed by atoms with van der Waals surface area (Å²) in [7, 11) is 1.38. The third kappa shape index (κ3) is 1.46. The Hall–Kier alpha value is -1.16. The molecule has 0 unspecified atom stereocenters. The van der Waals surface area contributed by atoms with Crippen molar-refractivity contribution in [3.05, 3.63) is 29.3 Å². The third-order valence-electron chi connectivity index (χ3n) is 2.46. The molecule has 1 aromatic rings. The van der Waals surface area contributed by atoms with Crippen molar-refractivity contribution in [1.29, 1.82) is 0 Å². The molecule has 0 radical (unpaired) electrons. The van der Waals surface area contributed by atoms with E-state index in [9.17, 15) is 8.78 Å². The highest BCUT2D eigenvalue weighted by Gasteiger charge is 2.25. The fourth-order valence-corrected chi connectivity index (χ4v) is 1.55. The standard InChI is InChI=1S/C10H11F2NO/c1-14-6-4-7(11)10(8(12)5-6)9-2-3-13-9/h4-5,9,13H,2-3H2,1H3/t9-/m0/s1. The Labute approximate surface area is 80.9 Å². The van der Waals surface area contributed by atoms with E-state index in [0.717, 1.165) is 13.0 Å². The Balaban J connectivity index is 2.39. The molecule has 1 fully saturated rings. The van der Waals surface area contributed by atoms with Gasteiger partial charge in [-0.1, -0.05) is 0 Å². The number of methoxy groups -OCH3 is 1. The lowest BCUT2D eigenvalue weighted by Crippen LogP contribution is -2.36. The van der Waals surface area contributed by atoms with Crippen molar-refractivity contribution >= 4 is 0 Å². The molecule has 0 bridgehead atoms. The summed E-state index contributed by atoms with van der Waals surface area (Å²) >= 11 is 0. The van der Waals surface area contributed by atoms with Crippen molar-refractivity contribution in [2.24, 2.45) is 0 Å². The van der Waals surface area contributed by atoms with E-state index in [2.05, 4.69) is 5.32 Å². The van der Waals surface area contributed by atoms with Crippen LogP contribution in [0.5, 0.6) is 5.75 Å². The van der Waals surface area contributed by atoms with Gasteiger partial charge in [-0.05, 0) is 13.0 Å². The molecule has 0 aromatic heterocycles. The van der Waals surface area contributed by atoms with Gasteiger partial charge >= 0.3 is 0 Å². The van der Waals surface area contributed by atoms with E-state index < -0.39 is 11.6 Å². The summed E-state index contributed by atoms with van der Waals surface area (Å²) in [5.41, 5.74) is 0.122. The molecule has 1 aliphatic heterocycles. The summed E-state index contributed by atoms with van der Waals surface area (Å²) in [6.45, 7) is 0.815. The van der Waals surface area contributed by atoms with Crippen molar-refractivity contribution in [2.75, 3.05) is 13.7 Å². The molecule has 4 heteroatoms. The topological polar surface area (TPSA) is 21.3 Å². The maximum atomic E-state index is 13.4. The van der Waals surface area contributed by atoms with Gasteiger partial charge in [0.25, 0.3) is 0 Å². The molecule has 14 heavy (non-hydrogen) atoms. The summed E-state index contributed by atoms with van der Waals surface area (Å²) in [4.78, 5) is 0. The molecule has 1 saturated heterocycles. The minimum atomic E-state index is -0.543. The molecular formula is C10H11F2NO. The van der Waals surface area contributed by atoms with Crippen LogP contribution in [0.15, 0.2) is 12.1 Å². The molecule has 1 heterocycles. The van der Waals surface area contributed by atoms with Gasteiger partial charge in [-0.2, -0.15) is 0 Å². The zero-order chi connectivity index (χ0) is 10.1. The number of nitrogens with one attached hydrogen (secondary N) is 1. The van der Waals surface area contributed by atoms with Gasteiger partial charge in [-0.25, -0.2) is 8.78 Å². The predicted octanol–water partition coefficient (Wildman–Crippen LogP) is 2.01. The number of halogens is 2. The molecule has 0 saturated carbocycles. The van der Waals surface area contributed by atoms with Crippen LogP contribution in [0.1, 0.15) is 18.0 Å². The second-order valence-corrected chi connectivity index (χ2v) is 3.30. The monoisotopic (exact) mass is 199 g/mol. The lowest BCUT2D eigenvalue weighted by molar-refractivity contribution is 0.350. The summed E-state index contributed by atoms with van der Waals surface area (Å²) in [5.74, 6) is -0.874. The second-order valence-electron chi connectivity index (χ2n) is 3.30. The first-order valence-electron chi connectivity index (χ1n) is 4.48. The first-order chi connectivity index (χ1) is 6.72. The summed E-state index contributed by atoms with van der Waals surface area (Å²) in [5, 5.41) is 2.96. The molecule has 0 spiro atoms. The van der Waals surface area contributed by atoms with Crippen LogP contribution in [0.2, 0.25) is 0 Å². The van der Waals surface area contributed by atoms with Crippen molar-refractivity contribution < 1.29 is 13.5 Å². The van der Waals surface area contributed by atoms with Crippen LogP contribution in [-0.2, 0) is 0 Å². The van der Waals surface area contributed by atoms with E-state index in [1.165, 1.54) is 19.2 Å². The molecule has 76 valence electrons. The van der Waals surface area contributed by atoms with Crippen molar-refractivity contribution in [1.82, 2.24) is 5.32 Å². The maximum Gasteiger partial charge on any atom is 0.134 e. The second kappa shape index (κ2) is 3.53. The van der Waals surface area contributed by atoms with Gasteiger partial charge in [0.15, 0.2) is 0 Å². The van der Waals surface area contributed by atoms with Crippen molar-refractivity contribution in [3.63, 3.8) is 0 Å². The Morgan fingerprint density at radius 3 is 2.29 bits per heavy atom. The molecule has 2 rings (SSSR count). The molecule has 1 N–H and O–H groups in total. The molecule has 2 nitrogen and oxygen atoms in total. The Morgan fingerprint density at radius 1 is 1.36 bits per heavy atom. The minimum absolute atomic E-state index is 0.122. The van der Waals surface area contributed by atoms with Gasteiger partial charge in [0.1, 0.15) is 17.4 Å². The van der Waals surface area contributed by atoms with Gasteiger partial charge in [0, 0.05) is 23.7 Å². The van der Waals surface area contributed by atoms with Gasteiger partial charge in [-0.15, -0.1) is 0 Å². The first-order valence-corrected chi connectivity index (χ1v) is 4.48. The Kier molecular flexibility index (Phi) is 2.37. The number of rotatable bonds is 2. The molecule has 0 aliphatic carbocycles. The number of ether oxygens (including phenoxy) is 1. The van der Waals surface area contributed by atoms with Crippen LogP contribution in [0.3, 0.4) is 0 Å². The zero-order valence-corrected chi connectivity index (χ0v) is 7.81. The average Bonchev–Trinajstić information content (AvgIpc) is 2.07. The lowest BCUT2D eigenvalue weighted by Gasteiger charge is -2.28. The molecular weight excluding hydrogens is 188 g/mol. The Morgan fingerprint density at radius 2 is 1.93 bits per heavy atom. The predicted molar refractivity (Wildman–Crippen MR) is 48.3 cm³/mol. The number of hydrogen-bond acceptors (Lipinski definition) is 2. The highest BCUT2D eigenvalue weighted by molar-refractivity contribution is 5.33. The van der Waals surface area contributed by atoms with E-state index in [1.807, 2.05) is 0 Å². The van der Waals surface area contributed by atoms with Crippen LogP contribution in [0.25, 0.3) is 0 Å². The van der Waals surface area contributed by atoms with Gasteiger partial charge in [-0.3, -0.25) is 0 Å². The number of hydrogen-bond donors (Lipinski definition) is 1. The summed E-state index contributed by atoms with van der Waals surface area (Å²) in [6, 6.07) is 2.23. The van der Waals surface area contributed by atoms with Crippen LogP contribution < -0.4 is 10.1 Å². The third-order valence-corrected chi connectivity index (χ3v) is 2.46. The van der Waals surface area contributed by atoms with E-state index >= 15 is 0 Å². The molecule has 1 atom stereocenters. The van der Waals surface area contributed by atoms with Gasteiger partial charge in [0.05, 0.1) is 7.11 Å². The van der Waals surface area contributed by atoms with Crippen LogP contribution >= 0.6 is 0 Å². The van der Waals surface area contributed by atoms with Crippen LogP contribution in [-0.4, -0.2) is 13.7 Å². The van der Waals surface area contributed by atoms with Gasteiger partial charge in [0.2, 0.25) is 0 Å². The quantitative estimate of drug-likeness (QED) is 0.786. The maximum absolute atomic E-state index is 13.4. The Bertz CT molecular complexity index is 327. The first kappa shape index (κ1) is 9.40. The van der Waals surface area contributed by atoms with Crippen LogP contribution in [0, 0.1) is 11.6 Å². The van der Waals surface area contributed by atoms with Crippen molar-refractivity contribution in [2.45, 2.75) is 12.5 Å². The molecule has 0 amide bonds. The van der Waals surface area contributed by atoms with Crippen LogP contribution in [0.4, 0.5) is 8.78 Å². The highest BCUT2D eigenvalue weighted by atomic mass is 19.1. The minimum Gasteiger partial charge on any atom is -0.497 e. The normalized spacial score (nSPS) is 20.4. The van der Waals surface area contributed by atoms with Gasteiger partial charge < -0.3 is 10.1 Å². The van der Waals surface area contributed by atoms with E-state index in [1.54, 1.807) is 0 Å². The summed E-state index contributed by atoms with van der Waals surface area (Å²) < 4.78 is 31.6. The van der Waals surface area contributed by atoms with Crippen molar-refractivity contribution in [3.8, 4) is 5.75 Å². The number of benzene rings is 1. The van der Waals surface area contributed by atoms with E-state index in [4.69, 9.17) is 4.74 Å². The highest BCUT2D eigenvalue weighted by Crippen LogP contribution is 2.30. The average molecular weight is 199 g/mol. The lowest BCUT2D eigenvalue weighted by atomic mass is 9.97. The smallest absolute Gasteiger partial charge is 0.134 e. The van der Waals surface area contributed by atoms with E-state index in [0.29, 0.717) is 0 Å². The zero-order valence-electron chi connectivity index (χ0n) is 7.81. The summed E-state index contributed by atoms with van der Waals surface area (Å²) in [6.07, 6.45) is 0.778. The fraction of sp³-hybridized carbons (Fsp3) is 0.400. The fourth-order valence-electron chi connectivity index (χ4n) is 1.55. The molecule has 1 aromatic carbocycles. The van der Waals surface area contributed by atoms with E-state index in [-0.39, 0.29) is 17.4 Å².